The summed E-state index contributed by atoms with van der Waals surface area (Å²) in [6.45, 7) is 0. The summed E-state index contributed by atoms with van der Waals surface area (Å²) in [5.41, 5.74) is 5.80. The molecule has 1 amide bonds. The molecular weight excluding hydrogens is 476 g/mol. The Hall–Kier alpha value is -2.38. The first-order valence-electron chi connectivity index (χ1n) is 8.20. The van der Waals surface area contributed by atoms with Crippen molar-refractivity contribution in [3.05, 3.63) is 80.9 Å². The van der Waals surface area contributed by atoms with Crippen LogP contribution in [0.3, 0.4) is 0 Å². The molecule has 0 spiro atoms. The lowest BCUT2D eigenvalue weighted by atomic mass is 10.1. The molecule has 0 radical (unpaired) electrons. The molecule has 1 heterocycles. The zero-order valence-corrected chi connectivity index (χ0v) is 17.3. The Balaban J connectivity index is 1.98. The molecule has 7 heteroatoms. The minimum absolute atomic E-state index is 0.0192. The second-order valence-electron chi connectivity index (χ2n) is 5.87. The quantitative estimate of drug-likeness (QED) is 0.505. The Morgan fingerprint density at radius 1 is 0.963 bits per heavy atom. The fourth-order valence-corrected chi connectivity index (χ4v) is 3.42. The van der Waals surface area contributed by atoms with Gasteiger partial charge in [-0.1, -0.05) is 40.2 Å². The highest BCUT2D eigenvalue weighted by molar-refractivity contribution is 9.10. The third-order valence-electron chi connectivity index (χ3n) is 4.03. The number of aliphatic carboxylic acids is 1. The number of aromatic nitrogens is 1. The van der Waals surface area contributed by atoms with Crippen molar-refractivity contribution < 1.29 is 14.7 Å². The Morgan fingerprint density at radius 3 is 2.33 bits per heavy atom. The molecular formula is C20H16Br2N2O3. The number of amides is 1. The van der Waals surface area contributed by atoms with Crippen LogP contribution >= 0.6 is 31.9 Å². The molecule has 0 aliphatic carbocycles. The fraction of sp³-hybridized carbons (Fsp3) is 0.100. The lowest BCUT2D eigenvalue weighted by Crippen LogP contribution is -2.25. The number of carboxylic acid groups (broad SMARTS) is 1. The molecule has 0 fully saturated rings. The van der Waals surface area contributed by atoms with Gasteiger partial charge in [-0.05, 0) is 52.3 Å². The average Bonchev–Trinajstić information content (AvgIpc) is 3.03. The van der Waals surface area contributed by atoms with E-state index in [0.717, 1.165) is 21.4 Å². The van der Waals surface area contributed by atoms with Gasteiger partial charge in [0.1, 0.15) is 0 Å². The third-order valence-corrected chi connectivity index (χ3v) is 5.25. The number of halogens is 2. The zero-order valence-electron chi connectivity index (χ0n) is 14.2. The van der Waals surface area contributed by atoms with Crippen molar-refractivity contribution in [3.63, 3.8) is 0 Å². The molecule has 0 aliphatic heterocycles. The summed E-state index contributed by atoms with van der Waals surface area (Å²) >= 11 is 6.80. The van der Waals surface area contributed by atoms with E-state index in [9.17, 15) is 9.59 Å². The van der Waals surface area contributed by atoms with Gasteiger partial charge in [0.15, 0.2) is 0 Å². The summed E-state index contributed by atoms with van der Waals surface area (Å²) < 4.78 is 3.30. The second kappa shape index (κ2) is 8.54. The van der Waals surface area contributed by atoms with E-state index >= 15 is 0 Å². The molecule has 0 atom stereocenters. The van der Waals surface area contributed by atoms with Crippen molar-refractivity contribution in [2.24, 2.45) is 0 Å². The first-order chi connectivity index (χ1) is 13.0. The van der Waals surface area contributed by atoms with Crippen LogP contribution < -0.4 is 5.43 Å². The van der Waals surface area contributed by atoms with Crippen LogP contribution in [0.1, 0.15) is 22.5 Å². The van der Waals surface area contributed by atoms with Gasteiger partial charge in [-0.25, -0.2) is 0 Å². The van der Waals surface area contributed by atoms with Crippen LogP contribution in [0, 0.1) is 0 Å². The molecule has 2 aromatic carbocycles. The molecule has 0 unspecified atom stereocenters. The van der Waals surface area contributed by atoms with E-state index in [2.05, 4.69) is 37.3 Å². The van der Waals surface area contributed by atoms with Gasteiger partial charge in [0.05, 0.1) is 17.7 Å². The molecule has 3 aromatic rings. The minimum atomic E-state index is -0.884. The van der Waals surface area contributed by atoms with Gasteiger partial charge in [-0.2, -0.15) is 0 Å². The maximum atomic E-state index is 12.8. The number of aryl methyl sites for hydroxylation is 1. The maximum absolute atomic E-state index is 12.8. The number of rotatable bonds is 6. The highest BCUT2D eigenvalue weighted by atomic mass is 79.9. The van der Waals surface area contributed by atoms with Gasteiger partial charge in [0.25, 0.3) is 5.91 Å². The summed E-state index contributed by atoms with van der Waals surface area (Å²) in [5.74, 6) is -1.17. The topological polar surface area (TPSA) is 71.3 Å². The normalized spacial score (nSPS) is 10.6. The van der Waals surface area contributed by atoms with Gasteiger partial charge >= 0.3 is 5.97 Å². The molecule has 0 aliphatic rings. The number of nitrogens with one attached hydrogen (secondary N) is 1. The average molecular weight is 492 g/mol. The number of benzene rings is 2. The molecule has 0 saturated carbocycles. The van der Waals surface area contributed by atoms with Crippen molar-refractivity contribution >= 4 is 43.7 Å². The van der Waals surface area contributed by atoms with Gasteiger partial charge in [0, 0.05) is 26.6 Å². The fourth-order valence-electron chi connectivity index (χ4n) is 2.69. The van der Waals surface area contributed by atoms with Crippen LogP contribution in [0.15, 0.2) is 69.6 Å². The molecule has 0 saturated heterocycles. The number of carboxylic acids is 1. The van der Waals surface area contributed by atoms with Crippen LogP contribution in [-0.4, -0.2) is 21.7 Å². The summed E-state index contributed by atoms with van der Waals surface area (Å²) in [7, 11) is 0. The lowest BCUT2D eigenvalue weighted by Gasteiger charge is -2.15. The molecule has 0 bridgehead atoms. The molecule has 138 valence electrons. The largest absolute Gasteiger partial charge is 0.481 e. The van der Waals surface area contributed by atoms with E-state index in [0.29, 0.717) is 16.5 Å². The number of nitrogens with zero attached hydrogens (tertiary/aromatic N) is 1. The van der Waals surface area contributed by atoms with Gasteiger partial charge in [-0.15, -0.1) is 0 Å². The van der Waals surface area contributed by atoms with E-state index in [4.69, 9.17) is 5.11 Å². The number of hydrogen-bond acceptors (Lipinski definition) is 2. The Bertz CT molecular complexity index is 981. The van der Waals surface area contributed by atoms with Crippen LogP contribution in [0.25, 0.3) is 11.3 Å². The lowest BCUT2D eigenvalue weighted by molar-refractivity contribution is -0.136. The second-order valence-corrected chi connectivity index (χ2v) is 7.64. The number of carbonyl (C=O) groups is 2. The van der Waals surface area contributed by atoms with Crippen molar-refractivity contribution in [1.82, 2.24) is 4.68 Å². The van der Waals surface area contributed by atoms with Crippen LogP contribution in [0.4, 0.5) is 0 Å². The minimum Gasteiger partial charge on any atom is -0.481 e. The van der Waals surface area contributed by atoms with Crippen molar-refractivity contribution in [2.45, 2.75) is 12.8 Å². The maximum Gasteiger partial charge on any atom is 0.303 e. The smallest absolute Gasteiger partial charge is 0.303 e. The predicted molar refractivity (Wildman–Crippen MR) is 111 cm³/mol. The molecule has 5 nitrogen and oxygen atoms in total. The SMILES string of the molecule is O=C(O)CCc1ccc(-c2ccc(Br)cc2)n1NC(=O)c1ccccc1Br. The predicted octanol–water partition coefficient (Wildman–Crippen LogP) is 5.08. The van der Waals surface area contributed by atoms with Gasteiger partial charge in [0.2, 0.25) is 0 Å². The van der Waals surface area contributed by atoms with Crippen LogP contribution in [-0.2, 0) is 11.2 Å². The standard InChI is InChI=1S/C20H16Br2N2O3/c21-14-7-5-13(6-8-14)18-11-9-15(10-12-19(25)26)24(18)23-20(27)16-3-1-2-4-17(16)22/h1-9,11H,10,12H2,(H,23,27)(H,25,26). The Kier molecular flexibility index (Phi) is 6.13. The highest BCUT2D eigenvalue weighted by Crippen LogP contribution is 2.25. The summed E-state index contributed by atoms with van der Waals surface area (Å²) in [4.78, 5) is 23.8. The molecule has 1 aromatic heterocycles. The molecule has 2 N–H and O–H groups in total. The van der Waals surface area contributed by atoms with E-state index < -0.39 is 5.97 Å². The van der Waals surface area contributed by atoms with E-state index in [1.165, 1.54) is 0 Å². The Labute approximate surface area is 173 Å². The van der Waals surface area contributed by atoms with E-state index in [1.807, 2.05) is 42.5 Å². The van der Waals surface area contributed by atoms with Crippen LogP contribution in [0.5, 0.6) is 0 Å². The third kappa shape index (κ3) is 4.67. The van der Waals surface area contributed by atoms with Gasteiger partial charge < -0.3 is 5.11 Å². The monoisotopic (exact) mass is 490 g/mol. The van der Waals surface area contributed by atoms with E-state index in [1.54, 1.807) is 22.9 Å². The van der Waals surface area contributed by atoms with Crippen molar-refractivity contribution in [2.75, 3.05) is 5.43 Å². The number of hydrogen-bond donors (Lipinski definition) is 2. The first kappa shape index (κ1) is 19.4. The highest BCUT2D eigenvalue weighted by Gasteiger charge is 2.16. The van der Waals surface area contributed by atoms with Crippen LogP contribution in [0.2, 0.25) is 0 Å². The summed E-state index contributed by atoms with van der Waals surface area (Å²) in [6.07, 6.45) is 0.288. The van der Waals surface area contributed by atoms with Crippen molar-refractivity contribution in [1.29, 1.82) is 0 Å². The van der Waals surface area contributed by atoms with Crippen molar-refractivity contribution in [3.8, 4) is 11.3 Å². The molecule has 3 rings (SSSR count). The zero-order chi connectivity index (χ0) is 19.4. The molecule has 27 heavy (non-hydrogen) atoms. The summed E-state index contributed by atoms with van der Waals surface area (Å²) in [6, 6.07) is 18.5. The van der Waals surface area contributed by atoms with E-state index in [-0.39, 0.29) is 12.3 Å². The number of carbonyl (C=O) groups excluding carboxylic acids is 1. The van der Waals surface area contributed by atoms with Gasteiger partial charge in [-0.3, -0.25) is 19.7 Å². The Morgan fingerprint density at radius 2 is 1.67 bits per heavy atom. The first-order valence-corrected chi connectivity index (χ1v) is 9.78. The summed E-state index contributed by atoms with van der Waals surface area (Å²) in [5, 5.41) is 9.01.